The minimum absolute atomic E-state index is 0.809. The zero-order valence-electron chi connectivity index (χ0n) is 10.7. The van der Waals surface area contributed by atoms with Gasteiger partial charge in [-0.3, -0.25) is 0 Å². The van der Waals surface area contributed by atoms with Gasteiger partial charge in [0.1, 0.15) is 5.75 Å². The van der Waals surface area contributed by atoms with E-state index >= 15 is 0 Å². The van der Waals surface area contributed by atoms with Crippen LogP contribution >= 0.6 is 0 Å². The van der Waals surface area contributed by atoms with Crippen LogP contribution in [0.2, 0.25) is 0 Å². The SMILES string of the molecule is C=C(C)/C=C/c1ccccc1OC(=C)CCC. The molecular formula is C16H20O. The summed E-state index contributed by atoms with van der Waals surface area (Å²) in [6.07, 6.45) is 5.92. The fraction of sp³-hybridized carbons (Fsp3) is 0.250. The lowest BCUT2D eigenvalue weighted by atomic mass is 10.1. The predicted molar refractivity (Wildman–Crippen MR) is 75.0 cm³/mol. The number of allylic oxidation sites excluding steroid dienone is 3. The second-order valence-corrected chi connectivity index (χ2v) is 4.11. The van der Waals surface area contributed by atoms with Gasteiger partial charge in [-0.15, -0.1) is 0 Å². The molecule has 1 heteroatoms. The molecule has 1 aromatic carbocycles. The van der Waals surface area contributed by atoms with Gasteiger partial charge in [-0.2, -0.15) is 0 Å². The highest BCUT2D eigenvalue weighted by Gasteiger charge is 2.01. The van der Waals surface area contributed by atoms with E-state index in [1.165, 1.54) is 0 Å². The molecule has 0 fully saturated rings. The standard InChI is InChI=1S/C16H20O/c1-5-8-14(4)17-16-10-7-6-9-15(16)12-11-13(2)3/h6-7,9-12H,2,4-5,8H2,1,3H3/b12-11+. The van der Waals surface area contributed by atoms with Crippen molar-refractivity contribution in [2.24, 2.45) is 0 Å². The summed E-state index contributed by atoms with van der Waals surface area (Å²) in [6, 6.07) is 7.94. The highest BCUT2D eigenvalue weighted by molar-refractivity contribution is 5.59. The van der Waals surface area contributed by atoms with Crippen molar-refractivity contribution in [3.63, 3.8) is 0 Å². The molecule has 0 spiro atoms. The minimum Gasteiger partial charge on any atom is -0.462 e. The smallest absolute Gasteiger partial charge is 0.134 e. The maximum Gasteiger partial charge on any atom is 0.134 e. The second kappa shape index (κ2) is 6.74. The molecule has 0 bridgehead atoms. The van der Waals surface area contributed by atoms with Crippen LogP contribution < -0.4 is 4.74 Å². The number of hydrogen-bond donors (Lipinski definition) is 0. The number of para-hydroxylation sites is 1. The first-order valence-electron chi connectivity index (χ1n) is 5.91. The third-order valence-electron chi connectivity index (χ3n) is 2.25. The third-order valence-corrected chi connectivity index (χ3v) is 2.25. The van der Waals surface area contributed by atoms with Crippen LogP contribution in [-0.2, 0) is 0 Å². The van der Waals surface area contributed by atoms with Crippen molar-refractivity contribution in [1.82, 2.24) is 0 Å². The topological polar surface area (TPSA) is 9.23 Å². The molecule has 0 unspecified atom stereocenters. The monoisotopic (exact) mass is 228 g/mol. The average molecular weight is 228 g/mol. The molecule has 0 N–H and O–H groups in total. The number of ether oxygens (including phenoxy) is 1. The summed E-state index contributed by atoms with van der Waals surface area (Å²) in [4.78, 5) is 0. The molecular weight excluding hydrogens is 208 g/mol. The number of benzene rings is 1. The zero-order chi connectivity index (χ0) is 12.7. The van der Waals surface area contributed by atoms with Gasteiger partial charge < -0.3 is 4.74 Å². The zero-order valence-corrected chi connectivity index (χ0v) is 10.7. The van der Waals surface area contributed by atoms with Crippen molar-refractivity contribution in [3.8, 4) is 5.75 Å². The fourth-order valence-corrected chi connectivity index (χ4v) is 1.43. The Kier molecular flexibility index (Phi) is 5.28. The molecule has 0 radical (unpaired) electrons. The molecule has 0 aliphatic heterocycles. The Morgan fingerprint density at radius 2 is 2.00 bits per heavy atom. The van der Waals surface area contributed by atoms with Gasteiger partial charge in [-0.05, 0) is 19.4 Å². The Labute approximate surface area is 104 Å². The van der Waals surface area contributed by atoms with Crippen LogP contribution in [-0.4, -0.2) is 0 Å². The predicted octanol–water partition coefficient (Wildman–Crippen LogP) is 4.97. The van der Waals surface area contributed by atoms with Gasteiger partial charge in [-0.25, -0.2) is 0 Å². The molecule has 0 saturated carbocycles. The van der Waals surface area contributed by atoms with Gasteiger partial charge >= 0.3 is 0 Å². The number of hydrogen-bond acceptors (Lipinski definition) is 1. The van der Waals surface area contributed by atoms with Crippen LogP contribution in [0.4, 0.5) is 0 Å². The third kappa shape index (κ3) is 4.73. The van der Waals surface area contributed by atoms with E-state index in [9.17, 15) is 0 Å². The summed E-state index contributed by atoms with van der Waals surface area (Å²) in [7, 11) is 0. The summed E-state index contributed by atoms with van der Waals surface area (Å²) < 4.78 is 5.74. The van der Waals surface area contributed by atoms with Gasteiger partial charge in [0.05, 0.1) is 5.76 Å². The molecule has 0 heterocycles. The molecule has 0 saturated heterocycles. The number of rotatable bonds is 6. The molecule has 0 aliphatic carbocycles. The summed E-state index contributed by atoms with van der Waals surface area (Å²) in [5.74, 6) is 1.66. The van der Waals surface area contributed by atoms with Gasteiger partial charge in [0, 0.05) is 12.0 Å². The van der Waals surface area contributed by atoms with Gasteiger partial charge in [0.15, 0.2) is 0 Å². The van der Waals surface area contributed by atoms with Crippen molar-refractivity contribution >= 4 is 6.08 Å². The van der Waals surface area contributed by atoms with Crippen molar-refractivity contribution in [1.29, 1.82) is 0 Å². The lowest BCUT2D eigenvalue weighted by Gasteiger charge is -2.10. The first-order valence-corrected chi connectivity index (χ1v) is 5.91. The maximum atomic E-state index is 5.74. The molecule has 0 aromatic heterocycles. The molecule has 1 rings (SSSR count). The molecule has 1 aromatic rings. The second-order valence-electron chi connectivity index (χ2n) is 4.11. The minimum atomic E-state index is 0.809. The largest absolute Gasteiger partial charge is 0.462 e. The quantitative estimate of drug-likeness (QED) is 0.493. The van der Waals surface area contributed by atoms with Gasteiger partial charge in [0.25, 0.3) is 0 Å². The van der Waals surface area contributed by atoms with E-state index in [2.05, 4.69) is 20.1 Å². The van der Waals surface area contributed by atoms with E-state index in [0.29, 0.717) is 0 Å². The summed E-state index contributed by atoms with van der Waals surface area (Å²) in [5.41, 5.74) is 2.07. The summed E-state index contributed by atoms with van der Waals surface area (Å²) in [6.45, 7) is 11.8. The molecule has 1 nitrogen and oxygen atoms in total. The Bertz CT molecular complexity index is 427. The highest BCUT2D eigenvalue weighted by atomic mass is 16.5. The van der Waals surface area contributed by atoms with E-state index in [1.54, 1.807) is 0 Å². The molecule has 0 amide bonds. The Hall–Kier alpha value is -1.76. The first-order chi connectivity index (χ1) is 8.13. The lowest BCUT2D eigenvalue weighted by Crippen LogP contribution is -1.94. The van der Waals surface area contributed by atoms with Crippen LogP contribution in [0.1, 0.15) is 32.3 Å². The summed E-state index contributed by atoms with van der Waals surface area (Å²) in [5, 5.41) is 0. The Morgan fingerprint density at radius 3 is 2.65 bits per heavy atom. The highest BCUT2D eigenvalue weighted by Crippen LogP contribution is 2.23. The van der Waals surface area contributed by atoms with Crippen LogP contribution in [0, 0.1) is 0 Å². The average Bonchev–Trinajstić information content (AvgIpc) is 2.28. The van der Waals surface area contributed by atoms with Crippen molar-refractivity contribution in [2.75, 3.05) is 0 Å². The van der Waals surface area contributed by atoms with E-state index in [4.69, 9.17) is 4.74 Å². The van der Waals surface area contributed by atoms with Crippen LogP contribution in [0.5, 0.6) is 5.75 Å². The molecule has 17 heavy (non-hydrogen) atoms. The van der Waals surface area contributed by atoms with E-state index in [1.807, 2.05) is 43.3 Å². The fourth-order valence-electron chi connectivity index (χ4n) is 1.43. The van der Waals surface area contributed by atoms with Crippen LogP contribution in [0.15, 0.2) is 54.8 Å². The van der Waals surface area contributed by atoms with Crippen molar-refractivity contribution < 1.29 is 4.74 Å². The van der Waals surface area contributed by atoms with E-state index in [0.717, 1.165) is 35.5 Å². The van der Waals surface area contributed by atoms with Crippen molar-refractivity contribution in [3.05, 3.63) is 60.4 Å². The van der Waals surface area contributed by atoms with Gasteiger partial charge in [0.2, 0.25) is 0 Å². The summed E-state index contributed by atoms with van der Waals surface area (Å²) >= 11 is 0. The maximum absolute atomic E-state index is 5.74. The first kappa shape index (κ1) is 13.3. The van der Waals surface area contributed by atoms with Crippen LogP contribution in [0.3, 0.4) is 0 Å². The van der Waals surface area contributed by atoms with E-state index < -0.39 is 0 Å². The van der Waals surface area contributed by atoms with Crippen LogP contribution in [0.25, 0.3) is 6.08 Å². The van der Waals surface area contributed by atoms with E-state index in [-0.39, 0.29) is 0 Å². The Morgan fingerprint density at radius 1 is 1.29 bits per heavy atom. The molecule has 90 valence electrons. The van der Waals surface area contributed by atoms with Crippen molar-refractivity contribution in [2.45, 2.75) is 26.7 Å². The molecule has 0 atom stereocenters. The lowest BCUT2D eigenvalue weighted by molar-refractivity contribution is 0.404. The molecule has 0 aliphatic rings. The Balaban J connectivity index is 2.84. The van der Waals surface area contributed by atoms with Gasteiger partial charge in [-0.1, -0.05) is 56.0 Å². The normalized spacial score (nSPS) is 10.5.